The van der Waals surface area contributed by atoms with E-state index in [9.17, 15) is 14.4 Å². The first-order valence-electron chi connectivity index (χ1n) is 9.91. The third-order valence-electron chi connectivity index (χ3n) is 4.83. The van der Waals surface area contributed by atoms with E-state index in [1.165, 1.54) is 5.01 Å². The van der Waals surface area contributed by atoms with Crippen molar-refractivity contribution in [2.75, 3.05) is 5.01 Å². The smallest absolute Gasteiger partial charge is 0.274 e. The fourth-order valence-electron chi connectivity index (χ4n) is 3.29. The van der Waals surface area contributed by atoms with E-state index < -0.39 is 0 Å². The van der Waals surface area contributed by atoms with Crippen molar-refractivity contribution in [3.63, 3.8) is 0 Å². The second-order valence-corrected chi connectivity index (χ2v) is 12.0. The number of carbonyl (C=O) groups excluding carboxylic acids is 3. The zero-order valence-corrected chi connectivity index (χ0v) is 21.4. The molecule has 0 radical (unpaired) electrons. The van der Waals surface area contributed by atoms with Crippen molar-refractivity contribution in [1.82, 2.24) is 5.43 Å². The summed E-state index contributed by atoms with van der Waals surface area (Å²) in [6.07, 6.45) is 0.497. The number of Topliss-reactive ketones (excluding diaryl/α,β-unsaturated/α-hetero) is 1. The summed E-state index contributed by atoms with van der Waals surface area (Å²) in [5.41, 5.74) is 5.10. The molecule has 0 saturated carbocycles. The predicted molar refractivity (Wildman–Crippen MR) is 138 cm³/mol. The molecule has 2 amide bonds. The van der Waals surface area contributed by atoms with Crippen LogP contribution in [-0.2, 0) is 14.4 Å². The standard InChI is InChI=1S/C24H20N2O3S4/c1-13(2)21(15(4)28)24-32-19-10-17-18(11-20(19)33-24)31-23(30-17)14(3)22(29)26(25-12-27)16-8-6-5-7-9-16/h5-12H,1H2,2-4H3,(H,25,27). The number of hydrogen-bond donors (Lipinski definition) is 1. The molecule has 0 spiro atoms. The van der Waals surface area contributed by atoms with Gasteiger partial charge in [-0.15, -0.1) is 0 Å². The van der Waals surface area contributed by atoms with E-state index in [2.05, 4.69) is 24.1 Å². The van der Waals surface area contributed by atoms with Crippen LogP contribution in [-0.4, -0.2) is 18.1 Å². The fraction of sp³-hybridized carbons (Fsp3) is 0.125. The van der Waals surface area contributed by atoms with Crippen LogP contribution in [0.2, 0.25) is 0 Å². The molecule has 2 aromatic rings. The normalized spacial score (nSPS) is 13.8. The number of allylic oxidation sites excluding steroid dienone is 2. The third kappa shape index (κ3) is 4.82. The van der Waals surface area contributed by atoms with Crippen molar-refractivity contribution in [2.45, 2.75) is 40.4 Å². The summed E-state index contributed by atoms with van der Waals surface area (Å²) in [6, 6.07) is 13.2. The molecule has 4 rings (SSSR count). The number of ketones is 1. The summed E-state index contributed by atoms with van der Waals surface area (Å²) in [7, 11) is 0. The van der Waals surface area contributed by atoms with Gasteiger partial charge < -0.3 is 0 Å². The van der Waals surface area contributed by atoms with Crippen molar-refractivity contribution < 1.29 is 14.4 Å². The molecule has 0 aliphatic carbocycles. The number of hydrogen-bond acceptors (Lipinski definition) is 7. The van der Waals surface area contributed by atoms with Crippen molar-refractivity contribution in [3.05, 3.63) is 74.2 Å². The van der Waals surface area contributed by atoms with Gasteiger partial charge in [-0.05, 0) is 50.6 Å². The minimum absolute atomic E-state index is 0.0212. The maximum atomic E-state index is 13.2. The van der Waals surface area contributed by atoms with Crippen LogP contribution >= 0.6 is 47.0 Å². The Balaban J connectivity index is 1.60. The molecule has 0 bridgehead atoms. The molecule has 33 heavy (non-hydrogen) atoms. The number of nitrogens with one attached hydrogen (secondary N) is 1. The van der Waals surface area contributed by atoms with Crippen LogP contribution in [0, 0.1) is 0 Å². The molecule has 168 valence electrons. The lowest BCUT2D eigenvalue weighted by molar-refractivity contribution is -0.118. The number of carbonyl (C=O) groups is 3. The van der Waals surface area contributed by atoms with E-state index in [-0.39, 0.29) is 11.7 Å². The van der Waals surface area contributed by atoms with E-state index in [4.69, 9.17) is 0 Å². The quantitative estimate of drug-likeness (QED) is 0.273. The van der Waals surface area contributed by atoms with Gasteiger partial charge in [0.2, 0.25) is 6.41 Å². The predicted octanol–water partition coefficient (Wildman–Crippen LogP) is 6.38. The second-order valence-electron chi connectivity index (χ2n) is 7.29. The summed E-state index contributed by atoms with van der Waals surface area (Å²) in [5.74, 6) is -0.266. The highest BCUT2D eigenvalue weighted by molar-refractivity contribution is 8.25. The summed E-state index contributed by atoms with van der Waals surface area (Å²) >= 11 is 6.27. The van der Waals surface area contributed by atoms with Gasteiger partial charge in [-0.2, -0.15) is 0 Å². The average molecular weight is 513 g/mol. The molecule has 2 aromatic carbocycles. The average Bonchev–Trinajstić information content (AvgIpc) is 3.37. The lowest BCUT2D eigenvalue weighted by Crippen LogP contribution is -2.42. The molecule has 2 aliphatic rings. The van der Waals surface area contributed by atoms with Gasteiger partial charge in [-0.3, -0.25) is 19.8 Å². The zero-order valence-electron chi connectivity index (χ0n) is 18.1. The molecule has 0 fully saturated rings. The van der Waals surface area contributed by atoms with E-state index in [0.717, 1.165) is 33.6 Å². The number of rotatable bonds is 6. The van der Waals surface area contributed by atoms with Crippen LogP contribution in [0.25, 0.3) is 0 Å². The molecule has 0 aromatic heterocycles. The summed E-state index contributed by atoms with van der Waals surface area (Å²) in [6.45, 7) is 9.16. The second kappa shape index (κ2) is 9.89. The molecule has 9 heteroatoms. The summed E-state index contributed by atoms with van der Waals surface area (Å²) < 4.78 is 1.84. The van der Waals surface area contributed by atoms with Crippen molar-refractivity contribution in [3.8, 4) is 0 Å². The van der Waals surface area contributed by atoms with Gasteiger partial charge in [-0.25, -0.2) is 5.01 Å². The highest BCUT2D eigenvalue weighted by Gasteiger charge is 2.30. The fourth-order valence-corrected chi connectivity index (χ4v) is 8.82. The molecule has 0 atom stereocenters. The van der Waals surface area contributed by atoms with E-state index >= 15 is 0 Å². The number of hydrazine groups is 1. The molecule has 0 saturated heterocycles. The number of para-hydroxylation sites is 1. The Kier molecular flexibility index (Phi) is 7.13. The Morgan fingerprint density at radius 1 is 0.879 bits per heavy atom. The minimum Gasteiger partial charge on any atom is -0.294 e. The van der Waals surface area contributed by atoms with Crippen LogP contribution in [0.5, 0.6) is 0 Å². The van der Waals surface area contributed by atoms with E-state index in [1.807, 2.05) is 25.1 Å². The lowest BCUT2D eigenvalue weighted by Gasteiger charge is -2.21. The Bertz CT molecular complexity index is 1200. The molecular formula is C24H20N2O3S4. The number of thioether (sulfide) groups is 4. The molecule has 5 nitrogen and oxygen atoms in total. The first kappa shape index (κ1) is 23.8. The Labute approximate surface area is 209 Å². The molecule has 0 unspecified atom stereocenters. The van der Waals surface area contributed by atoms with Gasteiger partial charge >= 0.3 is 0 Å². The number of amides is 2. The van der Waals surface area contributed by atoms with Gasteiger partial charge in [0.25, 0.3) is 5.91 Å². The molecule has 1 N–H and O–H groups in total. The number of nitrogens with zero attached hydrogens (tertiary/aromatic N) is 1. The van der Waals surface area contributed by atoms with Crippen LogP contribution in [0.15, 0.2) is 93.8 Å². The number of anilines is 1. The number of benzene rings is 2. The van der Waals surface area contributed by atoms with Gasteiger partial charge in [0, 0.05) is 30.7 Å². The SMILES string of the molecule is C=C(C)C(C(C)=O)=C1Sc2cc3c(cc2S1)SC(=C(C)C(=O)N(NC=O)c1ccccc1)S3. The first-order chi connectivity index (χ1) is 15.8. The first-order valence-corrected chi connectivity index (χ1v) is 13.2. The van der Waals surface area contributed by atoms with Crippen LogP contribution in [0.4, 0.5) is 5.69 Å². The van der Waals surface area contributed by atoms with Crippen LogP contribution < -0.4 is 10.4 Å². The number of fused-ring (bicyclic) bond motifs is 2. The van der Waals surface area contributed by atoms with Crippen LogP contribution in [0.1, 0.15) is 20.8 Å². The largest absolute Gasteiger partial charge is 0.294 e. The lowest BCUT2D eigenvalue weighted by atomic mass is 10.1. The molecule has 2 aliphatic heterocycles. The monoisotopic (exact) mass is 512 g/mol. The molecular weight excluding hydrogens is 493 g/mol. The van der Waals surface area contributed by atoms with E-state index in [1.54, 1.807) is 73.0 Å². The zero-order chi connectivity index (χ0) is 23.7. The molecule has 2 heterocycles. The maximum absolute atomic E-state index is 13.2. The van der Waals surface area contributed by atoms with Crippen molar-refractivity contribution in [1.29, 1.82) is 0 Å². The highest BCUT2D eigenvalue weighted by Crippen LogP contribution is 2.59. The topological polar surface area (TPSA) is 66.5 Å². The van der Waals surface area contributed by atoms with Crippen molar-refractivity contribution >= 4 is 70.8 Å². The Hall–Kier alpha value is -2.33. The maximum Gasteiger partial charge on any atom is 0.274 e. The minimum atomic E-state index is -0.287. The van der Waals surface area contributed by atoms with Crippen molar-refractivity contribution in [2.24, 2.45) is 0 Å². The summed E-state index contributed by atoms with van der Waals surface area (Å²) in [4.78, 5) is 40.7. The van der Waals surface area contributed by atoms with Gasteiger partial charge in [0.15, 0.2) is 5.78 Å². The van der Waals surface area contributed by atoms with Gasteiger partial charge in [0.1, 0.15) is 0 Å². The Morgan fingerprint density at radius 3 is 1.85 bits per heavy atom. The summed E-state index contributed by atoms with van der Waals surface area (Å²) in [5, 5.41) is 1.25. The van der Waals surface area contributed by atoms with Gasteiger partial charge in [0.05, 0.1) is 14.2 Å². The van der Waals surface area contributed by atoms with E-state index in [0.29, 0.717) is 23.2 Å². The Morgan fingerprint density at radius 2 is 1.39 bits per heavy atom. The van der Waals surface area contributed by atoms with Crippen LogP contribution in [0.3, 0.4) is 0 Å². The third-order valence-corrected chi connectivity index (χ3v) is 10.1. The highest BCUT2D eigenvalue weighted by atomic mass is 32.2. The van der Waals surface area contributed by atoms with Gasteiger partial charge in [-0.1, -0.05) is 71.8 Å².